The molecule has 0 unspecified atom stereocenters. The van der Waals surface area contributed by atoms with Gasteiger partial charge in [-0.3, -0.25) is 4.79 Å². The molecule has 0 aliphatic heterocycles. The van der Waals surface area contributed by atoms with Crippen LogP contribution in [0.5, 0.6) is 0 Å². The van der Waals surface area contributed by atoms with Crippen LogP contribution in [0, 0.1) is 0 Å². The lowest BCUT2D eigenvalue weighted by atomic mass is 10.2. The molecule has 3 aromatic carbocycles. The van der Waals surface area contributed by atoms with Crippen LogP contribution in [-0.4, -0.2) is 16.6 Å². The van der Waals surface area contributed by atoms with Crippen molar-refractivity contribution in [1.82, 2.24) is 0 Å². The molecule has 0 aliphatic carbocycles. The first-order chi connectivity index (χ1) is 12.7. The first-order valence-electron chi connectivity index (χ1n) is 8.15. The molecule has 0 radical (unpaired) electrons. The normalized spacial score (nSPS) is 10.2. The van der Waals surface area contributed by atoms with Gasteiger partial charge in [-0.1, -0.05) is 48.5 Å². The Bertz CT molecular complexity index is 866. The van der Waals surface area contributed by atoms with Crippen molar-refractivity contribution in [2.45, 2.75) is 4.90 Å². The number of hydrogen-bond donors (Lipinski definition) is 2. The van der Waals surface area contributed by atoms with E-state index in [4.69, 9.17) is 12.2 Å². The van der Waals surface area contributed by atoms with E-state index in [1.807, 2.05) is 84.9 Å². The zero-order valence-electron chi connectivity index (χ0n) is 14.0. The third kappa shape index (κ3) is 5.44. The standard InChI is InChI=1S/C21H18N2OS2/c24-20(16-7-3-1-4-8-16)15-26-19-13-11-18(12-14-19)23-21(25)22-17-9-5-2-6-10-17/h1-14H,15H2,(H2,22,23,25). The molecule has 130 valence electrons. The SMILES string of the molecule is O=C(CSc1ccc(NC(=S)Nc2ccccc2)cc1)c1ccccc1. The van der Waals surface area contributed by atoms with Gasteiger partial charge in [0, 0.05) is 21.8 Å². The van der Waals surface area contributed by atoms with Crippen molar-refractivity contribution in [3.8, 4) is 0 Å². The Morgan fingerprint density at radius 1 is 0.769 bits per heavy atom. The highest BCUT2D eigenvalue weighted by Crippen LogP contribution is 2.21. The Morgan fingerprint density at radius 3 is 1.92 bits per heavy atom. The molecule has 0 atom stereocenters. The molecule has 0 saturated heterocycles. The van der Waals surface area contributed by atoms with Crippen molar-refractivity contribution in [3.05, 3.63) is 90.5 Å². The van der Waals surface area contributed by atoms with Crippen molar-refractivity contribution >= 4 is 46.3 Å². The number of benzene rings is 3. The fraction of sp³-hybridized carbons (Fsp3) is 0.0476. The van der Waals surface area contributed by atoms with Crippen molar-refractivity contribution in [2.24, 2.45) is 0 Å². The van der Waals surface area contributed by atoms with Crippen LogP contribution in [0.3, 0.4) is 0 Å². The van der Waals surface area contributed by atoms with Gasteiger partial charge in [0.15, 0.2) is 10.9 Å². The Morgan fingerprint density at radius 2 is 1.31 bits per heavy atom. The van der Waals surface area contributed by atoms with Crippen molar-refractivity contribution in [1.29, 1.82) is 0 Å². The molecule has 0 saturated carbocycles. The summed E-state index contributed by atoms with van der Waals surface area (Å²) < 4.78 is 0. The molecule has 0 heterocycles. The molecule has 0 aliphatic rings. The second kappa shape index (κ2) is 9.17. The van der Waals surface area contributed by atoms with Crippen LogP contribution in [0.2, 0.25) is 0 Å². The topological polar surface area (TPSA) is 41.1 Å². The molecule has 0 bridgehead atoms. The fourth-order valence-corrected chi connectivity index (χ4v) is 3.33. The van der Waals surface area contributed by atoms with E-state index in [0.717, 1.165) is 21.8 Å². The number of anilines is 2. The molecule has 0 aromatic heterocycles. The van der Waals surface area contributed by atoms with Crippen LogP contribution < -0.4 is 10.6 Å². The summed E-state index contributed by atoms with van der Waals surface area (Å²) in [7, 11) is 0. The number of nitrogens with one attached hydrogen (secondary N) is 2. The summed E-state index contributed by atoms with van der Waals surface area (Å²) >= 11 is 6.85. The molecular weight excluding hydrogens is 360 g/mol. The summed E-state index contributed by atoms with van der Waals surface area (Å²) in [4.78, 5) is 13.2. The average Bonchev–Trinajstić information content (AvgIpc) is 2.68. The third-order valence-corrected chi connectivity index (χ3v) is 4.83. The number of carbonyl (C=O) groups is 1. The number of Topliss-reactive ketones (excluding diaryl/α,β-unsaturated/α-hetero) is 1. The molecule has 0 fully saturated rings. The van der Waals surface area contributed by atoms with Crippen molar-refractivity contribution in [2.75, 3.05) is 16.4 Å². The number of ketones is 1. The van der Waals surface area contributed by atoms with Gasteiger partial charge in [-0.25, -0.2) is 0 Å². The number of thioether (sulfide) groups is 1. The van der Waals surface area contributed by atoms with Gasteiger partial charge in [0.1, 0.15) is 0 Å². The molecule has 0 spiro atoms. The zero-order chi connectivity index (χ0) is 18.2. The Labute approximate surface area is 162 Å². The molecular formula is C21H18N2OS2. The predicted octanol–water partition coefficient (Wildman–Crippen LogP) is 5.47. The maximum atomic E-state index is 12.1. The van der Waals surface area contributed by atoms with Crippen LogP contribution in [0.4, 0.5) is 11.4 Å². The molecule has 26 heavy (non-hydrogen) atoms. The Hall–Kier alpha value is -2.63. The van der Waals surface area contributed by atoms with Crippen LogP contribution in [0.25, 0.3) is 0 Å². The minimum absolute atomic E-state index is 0.131. The summed E-state index contributed by atoms with van der Waals surface area (Å²) in [6, 6.07) is 27.0. The van der Waals surface area contributed by atoms with E-state index in [1.54, 1.807) is 0 Å². The summed E-state index contributed by atoms with van der Waals surface area (Å²) in [6.07, 6.45) is 0. The van der Waals surface area contributed by atoms with E-state index in [-0.39, 0.29) is 5.78 Å². The highest BCUT2D eigenvalue weighted by Gasteiger charge is 2.06. The lowest BCUT2D eigenvalue weighted by Crippen LogP contribution is -2.18. The van der Waals surface area contributed by atoms with Crippen molar-refractivity contribution < 1.29 is 4.79 Å². The van der Waals surface area contributed by atoms with Crippen molar-refractivity contribution in [3.63, 3.8) is 0 Å². The van der Waals surface area contributed by atoms with E-state index < -0.39 is 0 Å². The second-order valence-electron chi connectivity index (χ2n) is 5.55. The van der Waals surface area contributed by atoms with Gasteiger partial charge in [-0.05, 0) is 48.6 Å². The first kappa shape index (κ1) is 18.2. The Kier molecular flexibility index (Phi) is 6.41. The molecule has 3 rings (SSSR count). The van der Waals surface area contributed by atoms with Gasteiger partial charge in [0.25, 0.3) is 0 Å². The number of rotatable bonds is 6. The summed E-state index contributed by atoms with van der Waals surface area (Å²) in [5.74, 6) is 0.552. The fourth-order valence-electron chi connectivity index (χ4n) is 2.31. The van der Waals surface area contributed by atoms with Gasteiger partial charge in [-0.2, -0.15) is 0 Å². The maximum Gasteiger partial charge on any atom is 0.175 e. The first-order valence-corrected chi connectivity index (χ1v) is 9.54. The molecule has 2 N–H and O–H groups in total. The van der Waals surface area contributed by atoms with E-state index in [9.17, 15) is 4.79 Å². The number of carbonyl (C=O) groups excluding carboxylic acids is 1. The van der Waals surface area contributed by atoms with Gasteiger partial charge >= 0.3 is 0 Å². The smallest absolute Gasteiger partial charge is 0.175 e. The van der Waals surface area contributed by atoms with Crippen LogP contribution in [0.1, 0.15) is 10.4 Å². The predicted molar refractivity (Wildman–Crippen MR) is 114 cm³/mol. The minimum Gasteiger partial charge on any atom is -0.332 e. The molecule has 0 amide bonds. The summed E-state index contributed by atoms with van der Waals surface area (Å²) in [6.45, 7) is 0. The van der Waals surface area contributed by atoms with Gasteiger partial charge in [0.2, 0.25) is 0 Å². The maximum absolute atomic E-state index is 12.1. The number of hydrogen-bond acceptors (Lipinski definition) is 3. The van der Waals surface area contributed by atoms with Crippen LogP contribution in [-0.2, 0) is 0 Å². The molecule has 3 aromatic rings. The zero-order valence-corrected chi connectivity index (χ0v) is 15.6. The second-order valence-corrected chi connectivity index (χ2v) is 7.00. The number of para-hydroxylation sites is 1. The van der Waals surface area contributed by atoms with Gasteiger partial charge in [0.05, 0.1) is 5.75 Å². The van der Waals surface area contributed by atoms with Gasteiger partial charge in [-0.15, -0.1) is 11.8 Å². The van der Waals surface area contributed by atoms with E-state index in [0.29, 0.717) is 10.9 Å². The summed E-state index contributed by atoms with van der Waals surface area (Å²) in [5.41, 5.74) is 2.59. The quantitative estimate of drug-likeness (QED) is 0.338. The van der Waals surface area contributed by atoms with Crippen LogP contribution >= 0.6 is 24.0 Å². The van der Waals surface area contributed by atoms with E-state index >= 15 is 0 Å². The van der Waals surface area contributed by atoms with E-state index in [2.05, 4.69) is 10.6 Å². The molecule has 5 heteroatoms. The lowest BCUT2D eigenvalue weighted by Gasteiger charge is -2.11. The van der Waals surface area contributed by atoms with E-state index in [1.165, 1.54) is 11.8 Å². The largest absolute Gasteiger partial charge is 0.332 e. The highest BCUT2D eigenvalue weighted by atomic mass is 32.2. The minimum atomic E-state index is 0.131. The lowest BCUT2D eigenvalue weighted by molar-refractivity contribution is 0.102. The highest BCUT2D eigenvalue weighted by molar-refractivity contribution is 8.00. The average molecular weight is 379 g/mol. The monoisotopic (exact) mass is 378 g/mol. The number of thiocarbonyl (C=S) groups is 1. The van der Waals surface area contributed by atoms with Gasteiger partial charge < -0.3 is 10.6 Å². The third-order valence-electron chi connectivity index (χ3n) is 3.61. The van der Waals surface area contributed by atoms with Crippen LogP contribution in [0.15, 0.2) is 89.8 Å². The Balaban J connectivity index is 1.50. The molecule has 3 nitrogen and oxygen atoms in total. The summed E-state index contributed by atoms with van der Waals surface area (Å²) in [5, 5.41) is 6.82.